The van der Waals surface area contributed by atoms with Crippen molar-refractivity contribution in [2.45, 2.75) is 172 Å². The molecule has 0 bridgehead atoms. The van der Waals surface area contributed by atoms with Crippen molar-refractivity contribution in [2.75, 3.05) is 50.8 Å². The van der Waals surface area contributed by atoms with E-state index in [0.717, 1.165) is 95.9 Å². The largest absolute Gasteiger partial charge is 0.508 e. The van der Waals surface area contributed by atoms with Crippen molar-refractivity contribution in [3.63, 3.8) is 0 Å². The minimum Gasteiger partial charge on any atom is -0.508 e. The lowest BCUT2D eigenvalue weighted by Crippen LogP contribution is -2.63. The average molecular weight is 1170 g/mol. The van der Waals surface area contributed by atoms with E-state index in [-0.39, 0.29) is 65.7 Å². The number of nitrogens with one attached hydrogen (secondary N) is 1. The number of imide groups is 1. The molecule has 6 aromatic rings. The number of aromatic nitrogens is 5. The molecule has 3 aromatic heterocycles. The molecular formula is C65H82F2N10O8. The standard InChI is InChI=1S/C65H82F2N10O8/c1-7-44-47(66)16-14-42-30-43(78)32-45(53(42)44)55-54(67)56-46(34-69-55)57(75-26-8-23-63(5,83)36-75)72-60(71-56)84-37-64-24-9-27-76(64)51(20-25-64)65(62(2,3)4,85-59(68)81)33-38-10-12-39(13-11-38)35-74-28-21-40(22-29-74)41-15-17-48-50(31-41)73(6)61(82)77(48)49-18-19-52(79)70-58(49)80/h14-17,30-32,34,38-40,49,51,78,83H,7-13,18-29,33,35-37H2,1-6H3,(H2,68,81)(H,70,79,80)/t38?,39?,49?,51-,63+,64-,65?/m0/s1. The molecule has 454 valence electrons. The third-order valence-corrected chi connectivity index (χ3v) is 20.6. The van der Waals surface area contributed by atoms with Crippen LogP contribution < -0.4 is 26.4 Å². The Bertz CT molecular complexity index is 3660. The normalized spacial score (nSPS) is 26.3. The van der Waals surface area contributed by atoms with Gasteiger partial charge in [0.2, 0.25) is 11.8 Å². The lowest BCUT2D eigenvalue weighted by Gasteiger charge is -2.53. The first-order valence-electron chi connectivity index (χ1n) is 31.0. The number of fused-ring (bicyclic) bond motifs is 4. The first kappa shape index (κ1) is 58.6. The Balaban J connectivity index is 0.743. The summed E-state index contributed by atoms with van der Waals surface area (Å²) in [4.78, 5) is 72.8. The van der Waals surface area contributed by atoms with Crippen LogP contribution in [-0.2, 0) is 27.8 Å². The highest BCUT2D eigenvalue weighted by Crippen LogP contribution is 2.55. The second kappa shape index (κ2) is 22.5. The van der Waals surface area contributed by atoms with E-state index in [9.17, 15) is 29.4 Å². The number of β-amino-alcohol motifs (C(OH)–C–C–N with tert-alkyl or cyclic N) is 1. The summed E-state index contributed by atoms with van der Waals surface area (Å²) in [5.41, 5.74) is 6.08. The van der Waals surface area contributed by atoms with Gasteiger partial charge in [-0.2, -0.15) is 9.97 Å². The predicted molar refractivity (Wildman–Crippen MR) is 320 cm³/mol. The summed E-state index contributed by atoms with van der Waals surface area (Å²) < 4.78 is 49.4. The number of amides is 3. The predicted octanol–water partition coefficient (Wildman–Crippen LogP) is 9.71. The van der Waals surface area contributed by atoms with Crippen molar-refractivity contribution >= 4 is 56.4 Å². The van der Waals surface area contributed by atoms with Crippen LogP contribution in [0, 0.1) is 28.9 Å². The van der Waals surface area contributed by atoms with Crippen LogP contribution in [0.2, 0.25) is 0 Å². The summed E-state index contributed by atoms with van der Waals surface area (Å²) in [7, 11) is 1.74. The number of carbonyl (C=O) groups is 3. The van der Waals surface area contributed by atoms with Gasteiger partial charge in [-0.15, -0.1) is 0 Å². The van der Waals surface area contributed by atoms with Gasteiger partial charge in [-0.1, -0.05) is 39.8 Å². The number of nitrogens with two attached hydrogens (primary N) is 1. The van der Waals surface area contributed by atoms with Crippen LogP contribution in [-0.4, -0.2) is 131 Å². The van der Waals surface area contributed by atoms with Gasteiger partial charge in [-0.3, -0.25) is 33.9 Å². The van der Waals surface area contributed by atoms with E-state index < -0.39 is 51.8 Å². The number of phenolic OH excluding ortho intramolecular Hbond substituents is 1. The molecule has 5 N–H and O–H groups in total. The fraction of sp³-hybridized carbons (Fsp3) is 0.585. The first-order chi connectivity index (χ1) is 40.6. The van der Waals surface area contributed by atoms with E-state index in [1.807, 2.05) is 17.9 Å². The minimum absolute atomic E-state index is 0.0291. The molecule has 0 spiro atoms. The maximum atomic E-state index is 17.5. The summed E-state index contributed by atoms with van der Waals surface area (Å²) in [6.45, 7) is 14.8. The number of nitrogens with zero attached hydrogens (tertiary/aromatic N) is 8. The fourth-order valence-electron chi connectivity index (χ4n) is 16.2. The van der Waals surface area contributed by atoms with Gasteiger partial charge in [0.1, 0.15) is 46.8 Å². The number of ether oxygens (including phenoxy) is 2. The number of imidazole rings is 1. The number of likely N-dealkylation sites (tertiary alicyclic amines) is 1. The van der Waals surface area contributed by atoms with Gasteiger partial charge in [0.05, 0.1) is 33.6 Å². The van der Waals surface area contributed by atoms with Crippen LogP contribution in [0.25, 0.3) is 44.0 Å². The van der Waals surface area contributed by atoms with Crippen LogP contribution >= 0.6 is 0 Å². The molecule has 12 rings (SSSR count). The Labute approximate surface area is 494 Å². The van der Waals surface area contributed by atoms with Gasteiger partial charge >= 0.3 is 17.8 Å². The maximum Gasteiger partial charge on any atom is 0.405 e. The zero-order chi connectivity index (χ0) is 59.9. The molecular weight excluding hydrogens is 1090 g/mol. The summed E-state index contributed by atoms with van der Waals surface area (Å²) in [6.07, 6.45) is 12.9. The van der Waals surface area contributed by atoms with Gasteiger partial charge in [0, 0.05) is 50.3 Å². The molecule has 0 radical (unpaired) electrons. The number of aliphatic hydroxyl groups is 1. The van der Waals surface area contributed by atoms with E-state index in [1.54, 1.807) is 24.6 Å². The molecule has 6 fully saturated rings. The van der Waals surface area contributed by atoms with Gasteiger partial charge in [0.15, 0.2) is 5.82 Å². The molecule has 1 saturated carbocycles. The molecule has 20 heteroatoms. The van der Waals surface area contributed by atoms with Gasteiger partial charge in [-0.05, 0) is 193 Å². The Kier molecular flexibility index (Phi) is 15.5. The monoisotopic (exact) mass is 1170 g/mol. The summed E-state index contributed by atoms with van der Waals surface area (Å²) in [6, 6.07) is 11.1. The van der Waals surface area contributed by atoms with Crippen LogP contribution in [0.3, 0.4) is 0 Å². The first-order valence-corrected chi connectivity index (χ1v) is 31.0. The lowest BCUT2D eigenvalue weighted by atomic mass is 9.64. The van der Waals surface area contributed by atoms with E-state index in [0.29, 0.717) is 89.5 Å². The summed E-state index contributed by atoms with van der Waals surface area (Å²) >= 11 is 0. The zero-order valence-electron chi connectivity index (χ0n) is 50.0. The minimum atomic E-state index is -1.03. The molecule has 85 heavy (non-hydrogen) atoms. The highest BCUT2D eigenvalue weighted by Gasteiger charge is 2.62. The highest BCUT2D eigenvalue weighted by atomic mass is 19.1. The number of anilines is 1. The molecule has 18 nitrogen and oxygen atoms in total. The van der Waals surface area contributed by atoms with Crippen molar-refractivity contribution < 1.29 is 42.9 Å². The zero-order valence-corrected chi connectivity index (χ0v) is 50.0. The number of halogens is 2. The number of carbonyl (C=O) groups excluding carboxylic acids is 3. The number of rotatable bonds is 14. The molecule has 5 saturated heterocycles. The fourth-order valence-corrected chi connectivity index (χ4v) is 16.2. The van der Waals surface area contributed by atoms with Gasteiger partial charge in [0.25, 0.3) is 0 Å². The van der Waals surface area contributed by atoms with Crippen molar-refractivity contribution in [1.82, 2.24) is 39.2 Å². The second-order valence-corrected chi connectivity index (χ2v) is 27.0. The van der Waals surface area contributed by atoms with Crippen molar-refractivity contribution in [3.8, 4) is 23.0 Å². The number of aryl methyl sites for hydroxylation is 2. The molecule has 2 unspecified atom stereocenters. The van der Waals surface area contributed by atoms with Crippen molar-refractivity contribution in [2.24, 2.45) is 30.0 Å². The van der Waals surface area contributed by atoms with E-state index >= 15 is 8.78 Å². The maximum absolute atomic E-state index is 17.5. The molecule has 5 atom stereocenters. The average Bonchev–Trinajstić information content (AvgIpc) is 1.88. The number of benzene rings is 3. The molecule has 8 heterocycles. The Morgan fingerprint density at radius 3 is 2.36 bits per heavy atom. The van der Waals surface area contributed by atoms with Crippen LogP contribution in [0.5, 0.6) is 11.8 Å². The summed E-state index contributed by atoms with van der Waals surface area (Å²) in [5.74, 6) is -0.485. The Morgan fingerprint density at radius 2 is 1.65 bits per heavy atom. The van der Waals surface area contributed by atoms with Crippen molar-refractivity contribution in [3.05, 3.63) is 81.9 Å². The highest BCUT2D eigenvalue weighted by molar-refractivity contribution is 6.02. The van der Waals surface area contributed by atoms with Crippen LogP contribution in [0.15, 0.2) is 53.5 Å². The van der Waals surface area contributed by atoms with E-state index in [4.69, 9.17) is 25.2 Å². The smallest absolute Gasteiger partial charge is 0.405 e. The number of hydrogen-bond acceptors (Lipinski definition) is 14. The van der Waals surface area contributed by atoms with Crippen molar-refractivity contribution in [1.29, 1.82) is 0 Å². The summed E-state index contributed by atoms with van der Waals surface area (Å²) in [5, 5.41) is 25.9. The second-order valence-electron chi connectivity index (χ2n) is 27.0. The van der Waals surface area contributed by atoms with Crippen LogP contribution in [0.4, 0.5) is 19.4 Å². The molecule has 1 aliphatic carbocycles. The quantitative estimate of drug-likeness (QED) is 0.0746. The Hall–Kier alpha value is -6.77. The number of primary amides is 1. The third kappa shape index (κ3) is 10.8. The number of hydrogen-bond donors (Lipinski definition) is 4. The number of pyridine rings is 1. The van der Waals surface area contributed by atoms with Crippen LogP contribution in [0.1, 0.15) is 154 Å². The van der Waals surface area contributed by atoms with Gasteiger partial charge < -0.3 is 35.2 Å². The Morgan fingerprint density at radius 1 is 0.894 bits per heavy atom. The molecule has 3 aromatic carbocycles. The number of aromatic hydroxyl groups is 1. The van der Waals surface area contributed by atoms with E-state index in [2.05, 4.69) is 53.0 Å². The molecule has 5 aliphatic heterocycles. The number of piperidine rings is 3. The number of phenols is 1. The molecule has 6 aliphatic rings. The van der Waals surface area contributed by atoms with E-state index in [1.165, 1.54) is 34.5 Å². The third-order valence-electron chi connectivity index (χ3n) is 20.6. The van der Waals surface area contributed by atoms with Gasteiger partial charge in [-0.25, -0.2) is 18.4 Å². The topological polar surface area (TPSA) is 224 Å². The molecule has 3 amide bonds. The lowest BCUT2D eigenvalue weighted by molar-refractivity contribution is -0.136. The SMILES string of the molecule is CCc1c(F)ccc2cc(O)cc(-c3ncc4c(N5CCC[C@@](C)(O)C5)nc(OC[C@@]56CCCN5[C@H](C(CC5CCC(CN7CCC(c8ccc9c(c8)n(C)c(=O)n9C8CCC(=O)NC8=O)CC7)CC5)(OC(N)=O)C(C)(C)C)CC6)nc4c3F)c12.